The lowest BCUT2D eigenvalue weighted by atomic mass is 10.2. The van der Waals surface area contributed by atoms with Gasteiger partial charge in [0.2, 0.25) is 0 Å². The van der Waals surface area contributed by atoms with E-state index >= 15 is 0 Å². The van der Waals surface area contributed by atoms with Crippen LogP contribution in [0.2, 0.25) is 0 Å². The summed E-state index contributed by atoms with van der Waals surface area (Å²) in [7, 11) is 1.78. The van der Waals surface area contributed by atoms with Crippen LogP contribution in [-0.2, 0) is 0 Å². The average Bonchev–Trinajstić information content (AvgIpc) is 2.72. The highest BCUT2D eigenvalue weighted by Gasteiger charge is 2.15. The van der Waals surface area contributed by atoms with Crippen LogP contribution in [0.1, 0.15) is 29.1 Å². The molecule has 86 valence electrons. The average molecular weight is 237 g/mol. The summed E-state index contributed by atoms with van der Waals surface area (Å²) in [5.74, 6) is 5.35. The Morgan fingerprint density at radius 3 is 2.88 bits per heavy atom. The molecule has 0 saturated heterocycles. The van der Waals surface area contributed by atoms with E-state index in [1.165, 1.54) is 11.3 Å². The van der Waals surface area contributed by atoms with Gasteiger partial charge in [-0.1, -0.05) is 11.8 Å². The monoisotopic (exact) mass is 237 g/mol. The van der Waals surface area contributed by atoms with E-state index in [2.05, 4.69) is 11.8 Å². The zero-order valence-electron chi connectivity index (χ0n) is 9.65. The van der Waals surface area contributed by atoms with Crippen molar-refractivity contribution >= 4 is 17.2 Å². The predicted octanol–water partition coefficient (Wildman–Crippen LogP) is 1.57. The van der Waals surface area contributed by atoms with Crippen LogP contribution in [0.5, 0.6) is 0 Å². The summed E-state index contributed by atoms with van der Waals surface area (Å²) in [5.41, 5.74) is 0.656. The lowest BCUT2D eigenvalue weighted by Gasteiger charge is -2.20. The Hall–Kier alpha value is -1.31. The quantitative estimate of drug-likeness (QED) is 0.793. The molecule has 0 aromatic carbocycles. The maximum absolute atomic E-state index is 11.9. The number of amides is 1. The summed E-state index contributed by atoms with van der Waals surface area (Å²) in [4.78, 5) is 14.4. The Morgan fingerprint density at radius 2 is 2.31 bits per heavy atom. The predicted molar refractivity (Wildman–Crippen MR) is 65.5 cm³/mol. The lowest BCUT2D eigenvalue weighted by molar-refractivity contribution is 0.0755. The maximum Gasteiger partial charge on any atom is 0.254 e. The minimum Gasteiger partial charge on any atom is -0.384 e. The molecule has 0 unspecified atom stereocenters. The smallest absolute Gasteiger partial charge is 0.254 e. The van der Waals surface area contributed by atoms with Crippen molar-refractivity contribution < 1.29 is 9.90 Å². The summed E-state index contributed by atoms with van der Waals surface area (Å²) in [6.45, 7) is 3.78. The van der Waals surface area contributed by atoms with Crippen molar-refractivity contribution in [2.75, 3.05) is 13.7 Å². The van der Waals surface area contributed by atoms with Gasteiger partial charge in [0, 0.05) is 18.5 Å². The van der Waals surface area contributed by atoms with E-state index in [4.69, 9.17) is 5.11 Å². The third-order valence-electron chi connectivity index (χ3n) is 2.23. The second kappa shape index (κ2) is 5.69. The van der Waals surface area contributed by atoms with Crippen LogP contribution in [0.4, 0.5) is 0 Å². The van der Waals surface area contributed by atoms with Crippen molar-refractivity contribution in [1.82, 2.24) is 4.90 Å². The molecule has 0 spiro atoms. The first-order valence-corrected chi connectivity index (χ1v) is 5.89. The molecule has 3 nitrogen and oxygen atoms in total. The summed E-state index contributed by atoms with van der Waals surface area (Å²) in [5, 5.41) is 10.4. The van der Waals surface area contributed by atoms with Gasteiger partial charge in [0.1, 0.15) is 6.61 Å². The van der Waals surface area contributed by atoms with Gasteiger partial charge in [-0.25, -0.2) is 0 Å². The fourth-order valence-corrected chi connectivity index (χ4v) is 1.83. The fraction of sp³-hybridized carbons (Fsp3) is 0.417. The van der Waals surface area contributed by atoms with Crippen LogP contribution < -0.4 is 0 Å². The molecular formula is C12H15NO2S. The van der Waals surface area contributed by atoms with Gasteiger partial charge in [0.05, 0.1) is 10.4 Å². The van der Waals surface area contributed by atoms with Crippen molar-refractivity contribution in [2.24, 2.45) is 0 Å². The molecule has 0 bridgehead atoms. The third kappa shape index (κ3) is 3.09. The molecule has 0 aliphatic rings. The van der Waals surface area contributed by atoms with E-state index in [0.717, 1.165) is 4.88 Å². The van der Waals surface area contributed by atoms with Crippen molar-refractivity contribution in [1.29, 1.82) is 0 Å². The zero-order valence-corrected chi connectivity index (χ0v) is 10.5. The standard InChI is InChI=1S/C12H15NO2S/c1-9(2)13(3)12(15)10-7-11(16-8-10)5-4-6-14/h7-9,14H,6H2,1-3H3. The van der Waals surface area contributed by atoms with Crippen LogP contribution in [-0.4, -0.2) is 35.6 Å². The molecule has 1 rings (SSSR count). The molecule has 0 aliphatic carbocycles. The van der Waals surface area contributed by atoms with E-state index in [1.807, 2.05) is 13.8 Å². The van der Waals surface area contributed by atoms with Crippen LogP contribution in [0.25, 0.3) is 0 Å². The largest absolute Gasteiger partial charge is 0.384 e. The van der Waals surface area contributed by atoms with Crippen molar-refractivity contribution in [3.63, 3.8) is 0 Å². The fourth-order valence-electron chi connectivity index (χ4n) is 1.08. The number of rotatable bonds is 2. The summed E-state index contributed by atoms with van der Waals surface area (Å²) in [6, 6.07) is 1.94. The summed E-state index contributed by atoms with van der Waals surface area (Å²) < 4.78 is 0. The molecule has 1 heterocycles. The Balaban J connectivity index is 2.82. The lowest BCUT2D eigenvalue weighted by Crippen LogP contribution is -2.32. The Bertz CT molecular complexity index is 426. The normalized spacial score (nSPS) is 9.81. The Morgan fingerprint density at radius 1 is 1.62 bits per heavy atom. The molecule has 0 aliphatic heterocycles. The number of carbonyl (C=O) groups is 1. The second-order valence-electron chi connectivity index (χ2n) is 3.67. The molecule has 16 heavy (non-hydrogen) atoms. The van der Waals surface area contributed by atoms with Gasteiger partial charge < -0.3 is 10.0 Å². The van der Waals surface area contributed by atoms with E-state index in [9.17, 15) is 4.79 Å². The first kappa shape index (κ1) is 12.8. The minimum atomic E-state index is -0.160. The highest BCUT2D eigenvalue weighted by Crippen LogP contribution is 2.15. The molecule has 1 aromatic heterocycles. The maximum atomic E-state index is 11.9. The van der Waals surface area contributed by atoms with Crippen LogP contribution in [0, 0.1) is 11.8 Å². The molecule has 1 N–H and O–H groups in total. The number of hydrogen-bond acceptors (Lipinski definition) is 3. The molecule has 0 saturated carbocycles. The highest BCUT2D eigenvalue weighted by atomic mass is 32.1. The second-order valence-corrected chi connectivity index (χ2v) is 4.58. The molecule has 0 fully saturated rings. The van der Waals surface area contributed by atoms with Crippen LogP contribution in [0.3, 0.4) is 0 Å². The molecule has 4 heteroatoms. The van der Waals surface area contributed by atoms with Gasteiger partial charge in [0.15, 0.2) is 0 Å². The molecule has 1 aromatic rings. The van der Waals surface area contributed by atoms with Gasteiger partial charge in [-0.15, -0.1) is 11.3 Å². The highest BCUT2D eigenvalue weighted by molar-refractivity contribution is 7.10. The topological polar surface area (TPSA) is 40.5 Å². The van der Waals surface area contributed by atoms with Gasteiger partial charge in [-0.05, 0) is 19.9 Å². The van der Waals surface area contributed by atoms with E-state index in [1.54, 1.807) is 23.4 Å². The third-order valence-corrected chi connectivity index (χ3v) is 3.08. The SMILES string of the molecule is CC(C)N(C)C(=O)c1csc(C#CCO)c1. The molecule has 1 amide bonds. The van der Waals surface area contributed by atoms with E-state index in [0.29, 0.717) is 5.56 Å². The minimum absolute atomic E-state index is 0.00305. The van der Waals surface area contributed by atoms with Crippen LogP contribution >= 0.6 is 11.3 Å². The molecule has 0 radical (unpaired) electrons. The number of aliphatic hydroxyl groups excluding tert-OH is 1. The van der Waals surface area contributed by atoms with Crippen LogP contribution in [0.15, 0.2) is 11.4 Å². The first-order valence-electron chi connectivity index (χ1n) is 5.01. The van der Waals surface area contributed by atoms with Gasteiger partial charge in [-0.2, -0.15) is 0 Å². The number of thiophene rings is 1. The Labute approximate surface area is 99.7 Å². The van der Waals surface area contributed by atoms with Gasteiger partial charge in [-0.3, -0.25) is 4.79 Å². The van der Waals surface area contributed by atoms with Gasteiger partial charge >= 0.3 is 0 Å². The number of carbonyl (C=O) groups excluding carboxylic acids is 1. The van der Waals surface area contributed by atoms with Crippen molar-refractivity contribution in [2.45, 2.75) is 19.9 Å². The number of hydrogen-bond donors (Lipinski definition) is 1. The van der Waals surface area contributed by atoms with E-state index in [-0.39, 0.29) is 18.6 Å². The van der Waals surface area contributed by atoms with Crippen molar-refractivity contribution in [3.8, 4) is 11.8 Å². The first-order chi connectivity index (χ1) is 7.56. The number of nitrogens with zero attached hydrogens (tertiary/aromatic N) is 1. The van der Waals surface area contributed by atoms with Gasteiger partial charge in [0.25, 0.3) is 5.91 Å². The van der Waals surface area contributed by atoms with E-state index < -0.39 is 0 Å². The zero-order chi connectivity index (χ0) is 12.1. The number of aliphatic hydroxyl groups is 1. The summed E-state index contributed by atoms with van der Waals surface area (Å²) in [6.07, 6.45) is 0. The molecule has 0 atom stereocenters. The Kier molecular flexibility index (Phi) is 4.53. The summed E-state index contributed by atoms with van der Waals surface area (Å²) >= 11 is 1.41. The molecular weight excluding hydrogens is 222 g/mol. The van der Waals surface area contributed by atoms with Crippen molar-refractivity contribution in [3.05, 3.63) is 21.9 Å².